The van der Waals surface area contributed by atoms with Crippen LogP contribution in [0.4, 0.5) is 0 Å². The van der Waals surface area contributed by atoms with Crippen LogP contribution >= 0.6 is 11.3 Å². The van der Waals surface area contributed by atoms with Gasteiger partial charge in [-0.15, -0.1) is 11.3 Å². The van der Waals surface area contributed by atoms with Gasteiger partial charge < -0.3 is 0 Å². The van der Waals surface area contributed by atoms with Crippen molar-refractivity contribution in [3.05, 3.63) is 47.5 Å². The molecule has 2 aromatic heterocycles. The highest BCUT2D eigenvalue weighted by Gasteiger charge is 2.05. The molecule has 3 heteroatoms. The maximum atomic E-state index is 4.41. The monoisotopic (exact) mass is 214 g/mol. The molecule has 74 valence electrons. The third-order valence-corrected chi connectivity index (χ3v) is 3.39. The van der Waals surface area contributed by atoms with E-state index in [1.807, 2.05) is 23.0 Å². The van der Waals surface area contributed by atoms with E-state index in [0.29, 0.717) is 0 Å². The minimum Gasteiger partial charge on any atom is -0.223 e. The van der Waals surface area contributed by atoms with Crippen LogP contribution in [0.5, 0.6) is 0 Å². The Labute approximate surface area is 91.8 Å². The largest absolute Gasteiger partial charge is 0.223 e. The number of rotatable bonds is 1. The molecule has 0 saturated carbocycles. The molecule has 2 nitrogen and oxygen atoms in total. The van der Waals surface area contributed by atoms with Crippen LogP contribution in [0.1, 0.15) is 4.88 Å². The average Bonchev–Trinajstić information content (AvgIpc) is 2.83. The molecule has 0 bridgehead atoms. The summed E-state index contributed by atoms with van der Waals surface area (Å²) in [7, 11) is 0. The molecule has 0 atom stereocenters. The second kappa shape index (κ2) is 3.21. The first-order valence-electron chi connectivity index (χ1n) is 4.84. The maximum Gasteiger partial charge on any atom is 0.118 e. The van der Waals surface area contributed by atoms with Gasteiger partial charge in [0.2, 0.25) is 0 Å². The second-order valence-corrected chi connectivity index (χ2v) is 4.77. The van der Waals surface area contributed by atoms with Gasteiger partial charge in [0.05, 0.1) is 11.7 Å². The Balaban J connectivity index is 2.27. The van der Waals surface area contributed by atoms with Gasteiger partial charge in [0.15, 0.2) is 0 Å². The van der Waals surface area contributed by atoms with E-state index in [4.69, 9.17) is 0 Å². The van der Waals surface area contributed by atoms with Crippen molar-refractivity contribution in [3.63, 3.8) is 0 Å². The quantitative estimate of drug-likeness (QED) is 0.607. The summed E-state index contributed by atoms with van der Waals surface area (Å²) >= 11 is 1.76. The van der Waals surface area contributed by atoms with Crippen molar-refractivity contribution in [1.82, 2.24) is 9.78 Å². The molecule has 3 rings (SSSR count). The zero-order valence-corrected chi connectivity index (χ0v) is 9.16. The summed E-state index contributed by atoms with van der Waals surface area (Å²) in [5.41, 5.74) is 1.17. The minimum atomic E-state index is 1.17. The van der Waals surface area contributed by atoms with Gasteiger partial charge in [-0.2, -0.15) is 5.10 Å². The maximum absolute atomic E-state index is 4.41. The molecule has 0 N–H and O–H groups in total. The second-order valence-electron chi connectivity index (χ2n) is 3.50. The van der Waals surface area contributed by atoms with Gasteiger partial charge in [-0.3, -0.25) is 0 Å². The summed E-state index contributed by atoms with van der Waals surface area (Å²) in [5, 5.41) is 6.76. The highest BCUT2D eigenvalue weighted by Crippen LogP contribution is 2.23. The van der Waals surface area contributed by atoms with Crippen LogP contribution in [-0.2, 0) is 0 Å². The van der Waals surface area contributed by atoms with E-state index in [2.05, 4.69) is 36.3 Å². The number of benzene rings is 1. The fourth-order valence-corrected chi connectivity index (χ4v) is 2.52. The van der Waals surface area contributed by atoms with Crippen LogP contribution in [0.2, 0.25) is 0 Å². The predicted octanol–water partition coefficient (Wildman–Crippen LogP) is 3.40. The average molecular weight is 214 g/mol. The Bertz CT molecular complexity index is 607. The predicted molar refractivity (Wildman–Crippen MR) is 63.7 cm³/mol. The lowest BCUT2D eigenvalue weighted by Crippen LogP contribution is -1.91. The molecule has 2 heterocycles. The normalized spacial score (nSPS) is 11.0. The lowest BCUT2D eigenvalue weighted by molar-refractivity contribution is 0.928. The van der Waals surface area contributed by atoms with Gasteiger partial charge in [-0.25, -0.2) is 4.68 Å². The fraction of sp³-hybridized carbons (Fsp3) is 0.0833. The Morgan fingerprint density at radius 2 is 2.00 bits per heavy atom. The number of aryl methyl sites for hydroxylation is 1. The SMILES string of the molecule is Cc1ccc(-n2ncc3ccccc32)s1. The van der Waals surface area contributed by atoms with E-state index in [0.717, 1.165) is 0 Å². The highest BCUT2D eigenvalue weighted by atomic mass is 32.1. The molecule has 0 saturated heterocycles. The lowest BCUT2D eigenvalue weighted by Gasteiger charge is -1.98. The van der Waals surface area contributed by atoms with Crippen LogP contribution in [0.25, 0.3) is 15.9 Å². The highest BCUT2D eigenvalue weighted by molar-refractivity contribution is 7.14. The lowest BCUT2D eigenvalue weighted by atomic mass is 10.3. The number of hydrogen-bond donors (Lipinski definition) is 0. The molecule has 0 unspecified atom stereocenters. The van der Waals surface area contributed by atoms with Crippen molar-refractivity contribution in [2.45, 2.75) is 6.92 Å². The molecule has 3 aromatic rings. The zero-order valence-electron chi connectivity index (χ0n) is 8.34. The Morgan fingerprint density at radius 1 is 1.13 bits per heavy atom. The minimum absolute atomic E-state index is 1.17. The molecule has 0 aliphatic carbocycles. The first-order valence-corrected chi connectivity index (χ1v) is 5.66. The van der Waals surface area contributed by atoms with E-state index in [1.165, 1.54) is 20.8 Å². The number of nitrogens with zero attached hydrogens (tertiary/aromatic N) is 2. The number of fused-ring (bicyclic) bond motifs is 1. The van der Waals surface area contributed by atoms with Crippen LogP contribution in [0, 0.1) is 6.92 Å². The number of thiophene rings is 1. The molecule has 0 aliphatic heterocycles. The van der Waals surface area contributed by atoms with Crippen molar-refractivity contribution >= 4 is 22.2 Å². The topological polar surface area (TPSA) is 17.8 Å². The van der Waals surface area contributed by atoms with Gasteiger partial charge >= 0.3 is 0 Å². The number of para-hydroxylation sites is 1. The van der Waals surface area contributed by atoms with E-state index >= 15 is 0 Å². The van der Waals surface area contributed by atoms with Crippen LogP contribution in [0.15, 0.2) is 42.6 Å². The Morgan fingerprint density at radius 3 is 2.80 bits per heavy atom. The molecule has 1 aromatic carbocycles. The van der Waals surface area contributed by atoms with Crippen molar-refractivity contribution in [2.75, 3.05) is 0 Å². The molecule has 0 amide bonds. The summed E-state index contributed by atoms with van der Waals surface area (Å²) in [6.07, 6.45) is 1.91. The fourth-order valence-electron chi connectivity index (χ4n) is 1.68. The van der Waals surface area contributed by atoms with Crippen molar-refractivity contribution in [3.8, 4) is 5.00 Å². The smallest absolute Gasteiger partial charge is 0.118 e. The van der Waals surface area contributed by atoms with Crippen molar-refractivity contribution in [2.24, 2.45) is 0 Å². The first kappa shape index (κ1) is 8.68. The summed E-state index contributed by atoms with van der Waals surface area (Å²) in [4.78, 5) is 1.31. The third kappa shape index (κ3) is 1.36. The molecular weight excluding hydrogens is 204 g/mol. The Hall–Kier alpha value is -1.61. The van der Waals surface area contributed by atoms with E-state index < -0.39 is 0 Å². The molecule has 0 spiro atoms. The molecule has 15 heavy (non-hydrogen) atoms. The number of aromatic nitrogens is 2. The summed E-state index contributed by atoms with van der Waals surface area (Å²) in [5.74, 6) is 0. The van der Waals surface area contributed by atoms with Crippen molar-refractivity contribution < 1.29 is 0 Å². The summed E-state index contributed by atoms with van der Waals surface area (Å²) in [6.45, 7) is 2.11. The summed E-state index contributed by atoms with van der Waals surface area (Å²) in [6, 6.07) is 12.5. The van der Waals surface area contributed by atoms with Gasteiger partial charge in [0, 0.05) is 10.3 Å². The van der Waals surface area contributed by atoms with Gasteiger partial charge in [-0.1, -0.05) is 18.2 Å². The molecule has 0 radical (unpaired) electrons. The zero-order chi connectivity index (χ0) is 10.3. The van der Waals surface area contributed by atoms with Gasteiger partial charge in [0.25, 0.3) is 0 Å². The van der Waals surface area contributed by atoms with Crippen LogP contribution in [0.3, 0.4) is 0 Å². The number of hydrogen-bond acceptors (Lipinski definition) is 2. The van der Waals surface area contributed by atoms with Crippen LogP contribution in [-0.4, -0.2) is 9.78 Å². The standard InChI is InChI=1S/C12H10N2S/c1-9-6-7-12(15-9)14-11-5-3-2-4-10(11)8-13-14/h2-8H,1H3. The molecular formula is C12H10N2S. The van der Waals surface area contributed by atoms with E-state index in [-0.39, 0.29) is 0 Å². The first-order chi connectivity index (χ1) is 7.34. The summed E-state index contributed by atoms with van der Waals surface area (Å²) < 4.78 is 1.99. The van der Waals surface area contributed by atoms with Crippen molar-refractivity contribution in [1.29, 1.82) is 0 Å². The molecule has 0 aliphatic rings. The Kier molecular flexibility index (Phi) is 1.86. The molecule has 0 fully saturated rings. The van der Waals surface area contributed by atoms with E-state index in [9.17, 15) is 0 Å². The van der Waals surface area contributed by atoms with Crippen LogP contribution < -0.4 is 0 Å². The van der Waals surface area contributed by atoms with Gasteiger partial charge in [-0.05, 0) is 25.1 Å². The van der Waals surface area contributed by atoms with Gasteiger partial charge in [0.1, 0.15) is 5.00 Å². The van der Waals surface area contributed by atoms with E-state index in [1.54, 1.807) is 11.3 Å². The third-order valence-electron chi connectivity index (χ3n) is 2.41.